The number of primary amides is 1. The Hall–Kier alpha value is -2.97. The van der Waals surface area contributed by atoms with Gasteiger partial charge in [-0.05, 0) is 26.0 Å². The molecule has 124 valence electrons. The molecular weight excluding hydrogens is 323 g/mol. The van der Waals surface area contributed by atoms with E-state index < -0.39 is 28.9 Å². The minimum Gasteiger partial charge on any atom is -0.368 e. The summed E-state index contributed by atoms with van der Waals surface area (Å²) in [6, 6.07) is 1.63. The monoisotopic (exact) mass is 335 g/mol. The number of nitrogens with two attached hydrogens (primary N) is 1. The highest BCUT2D eigenvalue weighted by Gasteiger charge is 2.30. The van der Waals surface area contributed by atoms with Gasteiger partial charge in [-0.3, -0.25) is 4.79 Å². The first-order valence-corrected chi connectivity index (χ1v) is 6.88. The molecule has 1 aromatic carbocycles. The van der Waals surface area contributed by atoms with Crippen molar-refractivity contribution in [3.63, 3.8) is 0 Å². The van der Waals surface area contributed by atoms with Crippen LogP contribution >= 0.6 is 0 Å². The van der Waals surface area contributed by atoms with Crippen LogP contribution in [0.15, 0.2) is 24.5 Å². The molecule has 24 heavy (non-hydrogen) atoms. The van der Waals surface area contributed by atoms with E-state index in [9.17, 15) is 18.0 Å². The fourth-order valence-corrected chi connectivity index (χ4v) is 2.16. The number of halogens is 3. The van der Waals surface area contributed by atoms with Gasteiger partial charge in [-0.25, -0.2) is 27.8 Å². The number of hydrogen-bond acceptors (Lipinski definition) is 4. The lowest BCUT2D eigenvalue weighted by Crippen LogP contribution is -2.41. The van der Waals surface area contributed by atoms with Crippen molar-refractivity contribution < 1.29 is 18.0 Å². The Balaban J connectivity index is 2.20. The molecule has 0 saturated heterocycles. The number of carbonyl (C=O) groups excluding carboxylic acids is 1. The van der Waals surface area contributed by atoms with Gasteiger partial charge in [0.2, 0.25) is 5.91 Å². The maximum atomic E-state index is 13.4. The van der Waals surface area contributed by atoms with Crippen LogP contribution in [-0.2, 0) is 10.3 Å². The van der Waals surface area contributed by atoms with E-state index in [1.807, 2.05) is 0 Å². The fraction of sp³-hybridized carbons (Fsp3) is 0.200. The summed E-state index contributed by atoms with van der Waals surface area (Å²) in [5.41, 5.74) is 4.87. The molecule has 9 heteroatoms. The second-order valence-corrected chi connectivity index (χ2v) is 5.70. The zero-order valence-corrected chi connectivity index (χ0v) is 12.7. The van der Waals surface area contributed by atoms with Crippen molar-refractivity contribution in [3.8, 4) is 11.3 Å². The van der Waals surface area contributed by atoms with Crippen molar-refractivity contribution >= 4 is 17.1 Å². The van der Waals surface area contributed by atoms with E-state index in [1.165, 1.54) is 17.1 Å². The molecule has 6 nitrogen and oxygen atoms in total. The van der Waals surface area contributed by atoms with Crippen LogP contribution in [0.25, 0.3) is 22.4 Å². The van der Waals surface area contributed by atoms with Crippen LogP contribution in [0, 0.1) is 17.5 Å². The summed E-state index contributed by atoms with van der Waals surface area (Å²) >= 11 is 0. The summed E-state index contributed by atoms with van der Waals surface area (Å²) in [6.07, 6.45) is 2.67. The van der Waals surface area contributed by atoms with Crippen molar-refractivity contribution in [1.29, 1.82) is 0 Å². The highest BCUT2D eigenvalue weighted by molar-refractivity contribution is 5.84. The van der Waals surface area contributed by atoms with Gasteiger partial charge in [0.15, 0.2) is 23.1 Å². The quantitative estimate of drug-likeness (QED) is 0.743. The average Bonchev–Trinajstić information content (AvgIpc) is 2.95. The predicted molar refractivity (Wildman–Crippen MR) is 79.1 cm³/mol. The molecule has 0 aliphatic carbocycles. The van der Waals surface area contributed by atoms with Gasteiger partial charge in [-0.1, -0.05) is 0 Å². The minimum absolute atomic E-state index is 0.00503. The maximum Gasteiger partial charge on any atom is 0.244 e. The summed E-state index contributed by atoms with van der Waals surface area (Å²) in [4.78, 5) is 20.0. The number of amides is 1. The molecule has 0 saturated carbocycles. The van der Waals surface area contributed by atoms with Crippen molar-refractivity contribution in [2.75, 3.05) is 0 Å². The second-order valence-electron chi connectivity index (χ2n) is 5.70. The molecule has 0 atom stereocenters. The minimum atomic E-state index is -1.56. The van der Waals surface area contributed by atoms with Crippen molar-refractivity contribution in [3.05, 3.63) is 42.0 Å². The molecule has 0 bridgehead atoms. The van der Waals surface area contributed by atoms with E-state index in [0.717, 1.165) is 12.1 Å². The van der Waals surface area contributed by atoms with E-state index >= 15 is 0 Å². The Morgan fingerprint density at radius 2 is 1.79 bits per heavy atom. The summed E-state index contributed by atoms with van der Waals surface area (Å²) in [5.74, 6) is -4.87. The fourth-order valence-electron chi connectivity index (χ4n) is 2.16. The largest absolute Gasteiger partial charge is 0.368 e. The molecule has 1 amide bonds. The molecule has 0 aliphatic heterocycles. The first-order valence-electron chi connectivity index (χ1n) is 6.88. The molecule has 0 aliphatic rings. The van der Waals surface area contributed by atoms with Gasteiger partial charge in [0.25, 0.3) is 0 Å². The lowest BCUT2D eigenvalue weighted by Gasteiger charge is -2.21. The van der Waals surface area contributed by atoms with Gasteiger partial charge in [0.05, 0.1) is 18.1 Å². The van der Waals surface area contributed by atoms with E-state index in [0.29, 0.717) is 5.52 Å². The molecule has 0 radical (unpaired) electrons. The molecular formula is C15H12F3N5O. The standard InChI is InChI=1S/C15H12F3N5O/c1-15(2,14(19)24)23-13-11(6-21-23)20-5-10(22-13)7-3-8(16)12(18)9(17)4-7/h3-6H,1-2H3,(H2,19,24). The lowest BCUT2D eigenvalue weighted by atomic mass is 10.1. The summed E-state index contributed by atoms with van der Waals surface area (Å²) in [6.45, 7) is 3.10. The Morgan fingerprint density at radius 3 is 2.38 bits per heavy atom. The second kappa shape index (κ2) is 5.29. The Kier molecular flexibility index (Phi) is 3.51. The smallest absolute Gasteiger partial charge is 0.244 e. The van der Waals surface area contributed by atoms with Gasteiger partial charge in [0, 0.05) is 5.56 Å². The van der Waals surface area contributed by atoms with Gasteiger partial charge < -0.3 is 5.73 Å². The highest BCUT2D eigenvalue weighted by atomic mass is 19.2. The van der Waals surface area contributed by atoms with Gasteiger partial charge >= 0.3 is 0 Å². The number of benzene rings is 1. The van der Waals surface area contributed by atoms with Crippen molar-refractivity contribution in [2.24, 2.45) is 5.73 Å². The normalized spacial score (nSPS) is 11.9. The van der Waals surface area contributed by atoms with Crippen LogP contribution in [0.1, 0.15) is 13.8 Å². The first-order chi connectivity index (χ1) is 11.2. The van der Waals surface area contributed by atoms with Crippen LogP contribution in [0.2, 0.25) is 0 Å². The van der Waals surface area contributed by atoms with Crippen LogP contribution < -0.4 is 5.73 Å². The van der Waals surface area contributed by atoms with Crippen LogP contribution in [0.3, 0.4) is 0 Å². The summed E-state index contributed by atoms with van der Waals surface area (Å²) in [5, 5.41) is 4.05. The lowest BCUT2D eigenvalue weighted by molar-refractivity contribution is -0.125. The van der Waals surface area contributed by atoms with Crippen molar-refractivity contribution in [2.45, 2.75) is 19.4 Å². The number of nitrogens with zero attached hydrogens (tertiary/aromatic N) is 4. The van der Waals surface area contributed by atoms with Gasteiger partial charge in [-0.15, -0.1) is 0 Å². The van der Waals surface area contributed by atoms with E-state index in [4.69, 9.17) is 5.73 Å². The number of carbonyl (C=O) groups is 1. The molecule has 2 aromatic heterocycles. The Bertz CT molecular complexity index is 944. The van der Waals surface area contributed by atoms with Gasteiger partial charge in [0.1, 0.15) is 11.1 Å². The average molecular weight is 335 g/mol. The number of aromatic nitrogens is 4. The third-order valence-electron chi connectivity index (χ3n) is 3.69. The molecule has 0 spiro atoms. The van der Waals surface area contributed by atoms with Crippen LogP contribution in [0.4, 0.5) is 13.2 Å². The zero-order chi connectivity index (χ0) is 17.6. The zero-order valence-electron chi connectivity index (χ0n) is 12.7. The summed E-state index contributed by atoms with van der Waals surface area (Å²) < 4.78 is 41.2. The molecule has 0 fully saturated rings. The maximum absolute atomic E-state index is 13.4. The first kappa shape index (κ1) is 15.9. The Labute approximate surface area is 134 Å². The third kappa shape index (κ3) is 2.38. The van der Waals surface area contributed by atoms with Gasteiger partial charge in [-0.2, -0.15) is 5.10 Å². The number of hydrogen-bond donors (Lipinski definition) is 1. The van der Waals surface area contributed by atoms with E-state index in [-0.39, 0.29) is 16.9 Å². The van der Waals surface area contributed by atoms with Crippen molar-refractivity contribution in [1.82, 2.24) is 19.7 Å². The SMILES string of the molecule is CC(C)(C(N)=O)n1ncc2ncc(-c3cc(F)c(F)c(F)c3)nc21. The predicted octanol–water partition coefficient (Wildman–Crippen LogP) is 2.13. The van der Waals surface area contributed by atoms with E-state index in [2.05, 4.69) is 15.1 Å². The third-order valence-corrected chi connectivity index (χ3v) is 3.69. The molecule has 2 heterocycles. The van der Waals surface area contributed by atoms with E-state index in [1.54, 1.807) is 13.8 Å². The molecule has 0 unspecified atom stereocenters. The molecule has 3 rings (SSSR count). The molecule has 3 aromatic rings. The Morgan fingerprint density at radius 1 is 1.17 bits per heavy atom. The highest BCUT2D eigenvalue weighted by Crippen LogP contribution is 2.25. The molecule has 2 N–H and O–H groups in total. The summed E-state index contributed by atoms with van der Waals surface area (Å²) in [7, 11) is 0. The number of fused-ring (bicyclic) bond motifs is 1. The topological polar surface area (TPSA) is 86.7 Å². The van der Waals surface area contributed by atoms with Crippen LogP contribution in [0.5, 0.6) is 0 Å². The number of rotatable bonds is 3. The van der Waals surface area contributed by atoms with Crippen LogP contribution in [-0.4, -0.2) is 25.7 Å².